The van der Waals surface area contributed by atoms with Gasteiger partial charge in [-0.3, -0.25) is 0 Å². The lowest BCUT2D eigenvalue weighted by atomic mass is 10.2. The van der Waals surface area contributed by atoms with Gasteiger partial charge in [0.05, 0.1) is 12.8 Å². The van der Waals surface area contributed by atoms with Crippen molar-refractivity contribution in [1.82, 2.24) is 14.9 Å². The van der Waals surface area contributed by atoms with Gasteiger partial charge < -0.3 is 14.5 Å². The lowest BCUT2D eigenvalue weighted by Crippen LogP contribution is -2.35. The minimum absolute atomic E-state index is 0.348. The van der Waals surface area contributed by atoms with Gasteiger partial charge in [0.25, 0.3) is 0 Å². The molecule has 0 radical (unpaired) electrons. The first-order valence-electron chi connectivity index (χ1n) is 5.95. The first kappa shape index (κ1) is 14.9. The third-order valence-electron chi connectivity index (χ3n) is 2.91. The molecule has 0 bridgehead atoms. The second-order valence-electron chi connectivity index (χ2n) is 4.22. The Kier molecular flexibility index (Phi) is 5.29. The fourth-order valence-electron chi connectivity index (χ4n) is 1.70. The van der Waals surface area contributed by atoms with Crippen molar-refractivity contribution in [3.63, 3.8) is 0 Å². The normalized spacial score (nSPS) is 9.89. The van der Waals surface area contributed by atoms with Crippen molar-refractivity contribution < 1.29 is 9.53 Å². The highest BCUT2D eigenvalue weighted by atomic mass is 16.5. The fourth-order valence-corrected chi connectivity index (χ4v) is 1.70. The van der Waals surface area contributed by atoms with E-state index in [0.29, 0.717) is 13.1 Å². The molecule has 1 heterocycles. The average molecular weight is 264 g/mol. The maximum Gasteiger partial charge on any atom is 0.409 e. The third-order valence-corrected chi connectivity index (χ3v) is 2.91. The smallest absolute Gasteiger partial charge is 0.409 e. The van der Waals surface area contributed by atoms with E-state index in [1.165, 1.54) is 18.3 Å². The van der Waals surface area contributed by atoms with Gasteiger partial charge >= 0.3 is 6.09 Å². The Morgan fingerprint density at radius 1 is 1.42 bits per heavy atom. The van der Waals surface area contributed by atoms with Gasteiger partial charge in [0.15, 0.2) is 0 Å². The van der Waals surface area contributed by atoms with Crippen LogP contribution in [-0.4, -0.2) is 55.3 Å². The Morgan fingerprint density at radius 2 is 2.11 bits per heavy atom. The topological polar surface area (TPSA) is 58.6 Å². The lowest BCUT2D eigenvalue weighted by Gasteiger charge is -2.23. The van der Waals surface area contributed by atoms with Crippen molar-refractivity contribution in [2.24, 2.45) is 0 Å². The zero-order valence-electron chi connectivity index (χ0n) is 11.9. The molecule has 104 valence electrons. The molecule has 0 atom stereocenters. The number of aromatic nitrogens is 2. The molecule has 1 aromatic rings. The number of nitrogens with zero attached hydrogens (tertiary/aromatic N) is 4. The summed E-state index contributed by atoms with van der Waals surface area (Å²) in [6.07, 6.45) is 2.87. The Labute approximate surface area is 113 Å². The summed E-state index contributed by atoms with van der Waals surface area (Å²) >= 11 is 0. The van der Waals surface area contributed by atoms with Crippen LogP contribution in [0.1, 0.15) is 11.3 Å². The van der Waals surface area contributed by atoms with Gasteiger partial charge in [-0.1, -0.05) is 6.58 Å². The molecule has 1 aromatic heterocycles. The van der Waals surface area contributed by atoms with Crippen LogP contribution in [-0.2, 0) is 4.74 Å². The number of carbonyl (C=O) groups excluding carboxylic acids is 1. The number of ether oxygens (including phenoxy) is 1. The van der Waals surface area contributed by atoms with Crippen LogP contribution in [0.25, 0.3) is 6.08 Å². The van der Waals surface area contributed by atoms with Gasteiger partial charge in [0.1, 0.15) is 12.1 Å². The molecule has 6 heteroatoms. The van der Waals surface area contributed by atoms with E-state index in [0.717, 1.165) is 17.1 Å². The molecule has 0 saturated carbocycles. The Balaban J connectivity index is 2.71. The number of methoxy groups -OCH3 is 1. The van der Waals surface area contributed by atoms with Crippen molar-refractivity contribution in [2.45, 2.75) is 6.92 Å². The first-order chi connectivity index (χ1) is 9.01. The molecule has 0 aromatic carbocycles. The van der Waals surface area contributed by atoms with Gasteiger partial charge in [-0.2, -0.15) is 0 Å². The Hall–Kier alpha value is -2.11. The molecule has 0 saturated heterocycles. The maximum atomic E-state index is 11.3. The average Bonchev–Trinajstić information content (AvgIpc) is 2.43. The number of rotatable bonds is 5. The zero-order valence-corrected chi connectivity index (χ0v) is 11.9. The Bertz CT molecular complexity index is 462. The first-order valence-corrected chi connectivity index (χ1v) is 5.95. The highest BCUT2D eigenvalue weighted by Crippen LogP contribution is 2.17. The monoisotopic (exact) mass is 264 g/mol. The van der Waals surface area contributed by atoms with E-state index in [9.17, 15) is 4.79 Å². The summed E-state index contributed by atoms with van der Waals surface area (Å²) in [5.41, 5.74) is 1.79. The molecule has 6 nitrogen and oxygen atoms in total. The van der Waals surface area contributed by atoms with Crippen LogP contribution in [0, 0.1) is 6.92 Å². The molecule has 0 N–H and O–H groups in total. The Morgan fingerprint density at radius 3 is 2.68 bits per heavy atom. The summed E-state index contributed by atoms with van der Waals surface area (Å²) in [5, 5.41) is 0. The minimum atomic E-state index is -0.348. The number of carbonyl (C=O) groups is 1. The molecule has 19 heavy (non-hydrogen) atoms. The molecular weight excluding hydrogens is 244 g/mol. The molecule has 0 spiro atoms. The van der Waals surface area contributed by atoms with E-state index in [2.05, 4.69) is 21.3 Å². The van der Waals surface area contributed by atoms with Crippen LogP contribution in [0.2, 0.25) is 0 Å². The van der Waals surface area contributed by atoms with Crippen molar-refractivity contribution in [3.05, 3.63) is 24.2 Å². The quantitative estimate of drug-likeness (QED) is 0.807. The summed E-state index contributed by atoms with van der Waals surface area (Å²) in [5.74, 6) is 0.836. The number of anilines is 1. The molecule has 1 rings (SSSR count). The van der Waals surface area contributed by atoms with Gasteiger partial charge in [-0.25, -0.2) is 14.8 Å². The van der Waals surface area contributed by atoms with Crippen molar-refractivity contribution in [1.29, 1.82) is 0 Å². The number of likely N-dealkylation sites (N-methyl/N-ethyl adjacent to an activating group) is 2. The van der Waals surface area contributed by atoms with Crippen molar-refractivity contribution in [2.75, 3.05) is 39.2 Å². The molecule has 1 amide bonds. The van der Waals surface area contributed by atoms with Crippen LogP contribution in [0.15, 0.2) is 12.9 Å². The SMILES string of the molecule is C=Cc1ncnc(N(C)CCN(C)C(=O)OC)c1C. The molecule has 0 fully saturated rings. The third kappa shape index (κ3) is 3.67. The standard InChI is InChI=1S/C13H20N4O2/c1-6-11-10(2)12(15-9-14-11)16(3)7-8-17(4)13(18)19-5/h6,9H,1,7-8H2,2-5H3. The highest BCUT2D eigenvalue weighted by molar-refractivity contribution is 5.67. The predicted molar refractivity (Wildman–Crippen MR) is 75.2 cm³/mol. The summed E-state index contributed by atoms with van der Waals surface area (Å²) in [7, 11) is 4.99. The summed E-state index contributed by atoms with van der Waals surface area (Å²) < 4.78 is 4.64. The van der Waals surface area contributed by atoms with Crippen LogP contribution in [0.5, 0.6) is 0 Å². The molecule has 0 aliphatic heterocycles. The van der Waals surface area contributed by atoms with E-state index < -0.39 is 0 Å². The summed E-state index contributed by atoms with van der Waals surface area (Å²) in [6, 6.07) is 0. The van der Waals surface area contributed by atoms with Crippen LogP contribution in [0.4, 0.5) is 10.6 Å². The largest absolute Gasteiger partial charge is 0.453 e. The minimum Gasteiger partial charge on any atom is -0.453 e. The number of hydrogen-bond donors (Lipinski definition) is 0. The highest BCUT2D eigenvalue weighted by Gasteiger charge is 2.12. The summed E-state index contributed by atoms with van der Waals surface area (Å²) in [6.45, 7) is 6.88. The van der Waals surface area contributed by atoms with Crippen LogP contribution < -0.4 is 4.90 Å². The molecular formula is C13H20N4O2. The van der Waals surface area contributed by atoms with E-state index in [1.807, 2.05) is 18.9 Å². The lowest BCUT2D eigenvalue weighted by molar-refractivity contribution is 0.134. The zero-order chi connectivity index (χ0) is 14.4. The molecule has 0 unspecified atom stereocenters. The van der Waals surface area contributed by atoms with Crippen molar-refractivity contribution in [3.8, 4) is 0 Å². The van der Waals surface area contributed by atoms with E-state index in [-0.39, 0.29) is 6.09 Å². The molecule has 0 aliphatic rings. The second-order valence-corrected chi connectivity index (χ2v) is 4.22. The van der Waals surface area contributed by atoms with Gasteiger partial charge in [-0.05, 0) is 13.0 Å². The predicted octanol–water partition coefficient (Wildman–Crippen LogP) is 1.56. The van der Waals surface area contributed by atoms with E-state index in [1.54, 1.807) is 13.1 Å². The van der Waals surface area contributed by atoms with Gasteiger partial charge in [0, 0.05) is 32.7 Å². The maximum absolute atomic E-state index is 11.3. The summed E-state index contributed by atoms with van der Waals surface area (Å²) in [4.78, 5) is 23.2. The van der Waals surface area contributed by atoms with Crippen LogP contribution >= 0.6 is 0 Å². The van der Waals surface area contributed by atoms with E-state index in [4.69, 9.17) is 0 Å². The fraction of sp³-hybridized carbons (Fsp3) is 0.462. The molecule has 0 aliphatic carbocycles. The number of hydrogen-bond acceptors (Lipinski definition) is 5. The number of amides is 1. The van der Waals surface area contributed by atoms with Gasteiger partial charge in [-0.15, -0.1) is 0 Å². The van der Waals surface area contributed by atoms with Crippen molar-refractivity contribution >= 4 is 18.0 Å². The van der Waals surface area contributed by atoms with E-state index >= 15 is 0 Å². The van der Waals surface area contributed by atoms with Gasteiger partial charge in [0.2, 0.25) is 0 Å². The second kappa shape index (κ2) is 6.72. The van der Waals surface area contributed by atoms with Crippen LogP contribution in [0.3, 0.4) is 0 Å².